The van der Waals surface area contributed by atoms with Crippen LogP contribution < -0.4 is 5.32 Å². The van der Waals surface area contributed by atoms with Crippen molar-refractivity contribution in [3.05, 3.63) is 30.1 Å². The number of rotatable bonds is 5. The maximum Gasteiger partial charge on any atom is 0.0904 e. The van der Waals surface area contributed by atoms with E-state index in [0.29, 0.717) is 13.2 Å². The van der Waals surface area contributed by atoms with Crippen LogP contribution in [0.4, 0.5) is 0 Å². The van der Waals surface area contributed by atoms with Gasteiger partial charge < -0.3 is 15.2 Å². The van der Waals surface area contributed by atoms with Crippen molar-refractivity contribution >= 4 is 0 Å². The van der Waals surface area contributed by atoms with Gasteiger partial charge in [-0.1, -0.05) is 6.07 Å². The Labute approximate surface area is 102 Å². The molecule has 0 aromatic carbocycles. The van der Waals surface area contributed by atoms with Crippen LogP contribution in [0.1, 0.15) is 18.5 Å². The molecule has 0 amide bonds. The molecule has 0 radical (unpaired) electrons. The first-order valence-corrected chi connectivity index (χ1v) is 6.19. The summed E-state index contributed by atoms with van der Waals surface area (Å²) in [6.07, 6.45) is 4.14. The Hall–Kier alpha value is -0.970. The van der Waals surface area contributed by atoms with Crippen molar-refractivity contribution < 1.29 is 9.84 Å². The Morgan fingerprint density at radius 1 is 1.35 bits per heavy atom. The molecule has 2 rings (SSSR count). The molecule has 1 saturated heterocycles. The molecule has 1 aliphatic rings. The van der Waals surface area contributed by atoms with E-state index in [-0.39, 0.29) is 0 Å². The number of ether oxygens (including phenoxy) is 1. The first kappa shape index (κ1) is 12.5. The monoisotopic (exact) mass is 236 g/mol. The zero-order valence-electron chi connectivity index (χ0n) is 10.1. The lowest BCUT2D eigenvalue weighted by Gasteiger charge is -2.32. The van der Waals surface area contributed by atoms with Crippen LogP contribution in [0.5, 0.6) is 0 Å². The van der Waals surface area contributed by atoms with E-state index >= 15 is 0 Å². The van der Waals surface area contributed by atoms with E-state index in [1.54, 1.807) is 6.20 Å². The van der Waals surface area contributed by atoms with Gasteiger partial charge in [0.15, 0.2) is 0 Å². The van der Waals surface area contributed by atoms with Crippen molar-refractivity contribution in [1.82, 2.24) is 10.3 Å². The molecule has 1 aliphatic heterocycles. The van der Waals surface area contributed by atoms with Crippen LogP contribution in [0.15, 0.2) is 24.4 Å². The standard InChI is InChI=1S/C13H20N2O2/c16-13(5-8-14-9-6-13)11-17-10-4-12-3-1-2-7-15-12/h1-3,7,14,16H,4-6,8-11H2. The molecule has 2 heterocycles. The molecular weight excluding hydrogens is 216 g/mol. The quantitative estimate of drug-likeness (QED) is 0.741. The molecule has 2 N–H and O–H groups in total. The highest BCUT2D eigenvalue weighted by atomic mass is 16.5. The number of aliphatic hydroxyl groups is 1. The molecule has 4 nitrogen and oxygen atoms in total. The lowest BCUT2D eigenvalue weighted by Crippen LogP contribution is -2.45. The molecule has 0 unspecified atom stereocenters. The summed E-state index contributed by atoms with van der Waals surface area (Å²) in [5.74, 6) is 0. The molecule has 1 fully saturated rings. The fourth-order valence-corrected chi connectivity index (χ4v) is 2.02. The van der Waals surface area contributed by atoms with Crippen LogP contribution in [0.25, 0.3) is 0 Å². The summed E-state index contributed by atoms with van der Waals surface area (Å²) >= 11 is 0. The minimum absolute atomic E-state index is 0.432. The number of pyridine rings is 1. The van der Waals surface area contributed by atoms with E-state index in [2.05, 4.69) is 10.3 Å². The summed E-state index contributed by atoms with van der Waals surface area (Å²) < 4.78 is 5.56. The Kier molecular flexibility index (Phi) is 4.48. The number of nitrogens with one attached hydrogen (secondary N) is 1. The van der Waals surface area contributed by atoms with Crippen LogP contribution in [0, 0.1) is 0 Å². The highest BCUT2D eigenvalue weighted by Crippen LogP contribution is 2.18. The SMILES string of the molecule is OC1(COCCc2ccccn2)CCNCC1. The third-order valence-electron chi connectivity index (χ3n) is 3.13. The Bertz CT molecular complexity index is 323. The smallest absolute Gasteiger partial charge is 0.0904 e. The van der Waals surface area contributed by atoms with Crippen molar-refractivity contribution in [3.8, 4) is 0 Å². The molecule has 94 valence electrons. The molecule has 1 aromatic heterocycles. The van der Waals surface area contributed by atoms with E-state index < -0.39 is 5.60 Å². The van der Waals surface area contributed by atoms with Gasteiger partial charge in [0.05, 0.1) is 18.8 Å². The molecule has 1 aromatic rings. The van der Waals surface area contributed by atoms with Crippen molar-refractivity contribution in [1.29, 1.82) is 0 Å². The van der Waals surface area contributed by atoms with Crippen molar-refractivity contribution in [2.24, 2.45) is 0 Å². The maximum atomic E-state index is 10.2. The largest absolute Gasteiger partial charge is 0.387 e. The van der Waals surface area contributed by atoms with Gasteiger partial charge in [-0.25, -0.2) is 0 Å². The van der Waals surface area contributed by atoms with Gasteiger partial charge in [0.1, 0.15) is 0 Å². The van der Waals surface area contributed by atoms with Crippen LogP contribution in [0.2, 0.25) is 0 Å². The van der Waals surface area contributed by atoms with Crippen LogP contribution in [0.3, 0.4) is 0 Å². The lowest BCUT2D eigenvalue weighted by atomic mass is 9.94. The number of nitrogens with zero attached hydrogens (tertiary/aromatic N) is 1. The summed E-state index contributed by atoms with van der Waals surface area (Å²) in [6.45, 7) is 2.80. The Morgan fingerprint density at radius 3 is 2.88 bits per heavy atom. The third-order valence-corrected chi connectivity index (χ3v) is 3.13. The van der Waals surface area contributed by atoms with Gasteiger partial charge >= 0.3 is 0 Å². The highest BCUT2D eigenvalue weighted by molar-refractivity contribution is 5.03. The molecule has 4 heteroatoms. The molecule has 0 aliphatic carbocycles. The fraction of sp³-hybridized carbons (Fsp3) is 0.615. The van der Waals surface area contributed by atoms with Crippen LogP contribution >= 0.6 is 0 Å². The van der Waals surface area contributed by atoms with Crippen LogP contribution in [-0.2, 0) is 11.2 Å². The topological polar surface area (TPSA) is 54.4 Å². The van der Waals surface area contributed by atoms with Crippen molar-refractivity contribution in [2.45, 2.75) is 24.9 Å². The summed E-state index contributed by atoms with van der Waals surface area (Å²) in [5, 5.41) is 13.4. The molecule has 0 saturated carbocycles. The average molecular weight is 236 g/mol. The second-order valence-corrected chi connectivity index (χ2v) is 4.60. The number of hydrogen-bond donors (Lipinski definition) is 2. The fourth-order valence-electron chi connectivity index (χ4n) is 2.02. The van der Waals surface area contributed by atoms with E-state index in [4.69, 9.17) is 4.74 Å². The second kappa shape index (κ2) is 6.10. The molecule has 17 heavy (non-hydrogen) atoms. The predicted octanol–water partition coefficient (Wildman–Crippen LogP) is 0.755. The summed E-state index contributed by atoms with van der Waals surface area (Å²) in [6, 6.07) is 5.87. The number of hydrogen-bond acceptors (Lipinski definition) is 4. The number of aromatic nitrogens is 1. The lowest BCUT2D eigenvalue weighted by molar-refractivity contribution is -0.0635. The Morgan fingerprint density at radius 2 is 2.18 bits per heavy atom. The van der Waals surface area contributed by atoms with Gasteiger partial charge in [-0.3, -0.25) is 4.98 Å². The summed E-state index contributed by atoms with van der Waals surface area (Å²) in [7, 11) is 0. The minimum Gasteiger partial charge on any atom is -0.387 e. The van der Waals surface area contributed by atoms with E-state index in [9.17, 15) is 5.11 Å². The van der Waals surface area contributed by atoms with Gasteiger partial charge in [-0.2, -0.15) is 0 Å². The average Bonchev–Trinajstić information content (AvgIpc) is 2.37. The van der Waals surface area contributed by atoms with Crippen LogP contribution in [-0.4, -0.2) is 42.0 Å². The van der Waals surface area contributed by atoms with E-state index in [0.717, 1.165) is 38.0 Å². The van der Waals surface area contributed by atoms with Gasteiger partial charge in [-0.15, -0.1) is 0 Å². The molecular formula is C13H20N2O2. The van der Waals surface area contributed by atoms with E-state index in [1.165, 1.54) is 0 Å². The van der Waals surface area contributed by atoms with E-state index in [1.807, 2.05) is 18.2 Å². The zero-order valence-corrected chi connectivity index (χ0v) is 10.1. The minimum atomic E-state index is -0.630. The van der Waals surface area contributed by atoms with Gasteiger partial charge in [0, 0.05) is 18.3 Å². The third kappa shape index (κ3) is 4.07. The van der Waals surface area contributed by atoms with Crippen molar-refractivity contribution in [3.63, 3.8) is 0 Å². The zero-order chi connectivity index (χ0) is 12.0. The molecule has 0 atom stereocenters. The first-order chi connectivity index (χ1) is 8.29. The normalized spacial score (nSPS) is 19.1. The van der Waals surface area contributed by atoms with Gasteiger partial charge in [-0.05, 0) is 38.1 Å². The van der Waals surface area contributed by atoms with Crippen molar-refractivity contribution in [2.75, 3.05) is 26.3 Å². The van der Waals surface area contributed by atoms with Gasteiger partial charge in [0.2, 0.25) is 0 Å². The predicted molar refractivity (Wildman–Crippen MR) is 65.8 cm³/mol. The molecule has 0 bridgehead atoms. The molecule has 0 spiro atoms. The summed E-state index contributed by atoms with van der Waals surface area (Å²) in [5.41, 5.74) is 0.403. The van der Waals surface area contributed by atoms with Gasteiger partial charge in [0.25, 0.3) is 0 Å². The first-order valence-electron chi connectivity index (χ1n) is 6.19. The maximum absolute atomic E-state index is 10.2. The Balaban J connectivity index is 1.66. The second-order valence-electron chi connectivity index (χ2n) is 4.60. The highest BCUT2D eigenvalue weighted by Gasteiger charge is 2.29. The summed E-state index contributed by atoms with van der Waals surface area (Å²) in [4.78, 5) is 4.23. The number of piperidine rings is 1.